The zero-order valence-electron chi connectivity index (χ0n) is 11.8. The van der Waals surface area contributed by atoms with E-state index >= 15 is 0 Å². The van der Waals surface area contributed by atoms with Crippen LogP contribution in [0, 0.1) is 5.41 Å². The largest absolute Gasteiger partial charge is 0.298 e. The number of amides is 1. The lowest BCUT2D eigenvalue weighted by atomic mass is 9.96. The summed E-state index contributed by atoms with van der Waals surface area (Å²) in [5, 5.41) is 0. The molecule has 0 unspecified atom stereocenters. The first kappa shape index (κ1) is 15.0. The summed E-state index contributed by atoms with van der Waals surface area (Å²) < 4.78 is 0. The standard InChI is InChI=1S/C15H20N2O2/c1-11(18)10-13(12-8-6-5-7-9-12)16-17-14(19)15(2,3)4/h5-10,16H,1-4H3,(H,17,19)/b13-10+. The van der Waals surface area contributed by atoms with Crippen molar-refractivity contribution in [1.82, 2.24) is 10.9 Å². The molecular weight excluding hydrogens is 240 g/mol. The predicted molar refractivity (Wildman–Crippen MR) is 75.8 cm³/mol. The minimum Gasteiger partial charge on any atom is -0.298 e. The van der Waals surface area contributed by atoms with E-state index in [2.05, 4.69) is 10.9 Å². The minimum absolute atomic E-state index is 0.0867. The van der Waals surface area contributed by atoms with E-state index < -0.39 is 5.41 Å². The number of hydrogen-bond donors (Lipinski definition) is 2. The molecule has 0 spiro atoms. The van der Waals surface area contributed by atoms with E-state index in [0.29, 0.717) is 5.70 Å². The van der Waals surface area contributed by atoms with Gasteiger partial charge in [-0.25, -0.2) is 0 Å². The Bertz CT molecular complexity index is 485. The molecule has 2 N–H and O–H groups in total. The topological polar surface area (TPSA) is 58.2 Å². The Hall–Kier alpha value is -2.10. The summed E-state index contributed by atoms with van der Waals surface area (Å²) in [7, 11) is 0. The second-order valence-corrected chi connectivity index (χ2v) is 5.36. The smallest absolute Gasteiger partial charge is 0.243 e. The molecule has 0 radical (unpaired) electrons. The van der Waals surface area contributed by atoms with Crippen molar-refractivity contribution in [3.8, 4) is 0 Å². The van der Waals surface area contributed by atoms with Crippen LogP contribution in [0.15, 0.2) is 36.4 Å². The van der Waals surface area contributed by atoms with Crippen LogP contribution in [0.2, 0.25) is 0 Å². The van der Waals surface area contributed by atoms with Crippen molar-refractivity contribution in [3.63, 3.8) is 0 Å². The van der Waals surface area contributed by atoms with Crippen LogP contribution >= 0.6 is 0 Å². The molecule has 19 heavy (non-hydrogen) atoms. The fourth-order valence-corrected chi connectivity index (χ4v) is 1.32. The molecule has 0 bridgehead atoms. The lowest BCUT2D eigenvalue weighted by molar-refractivity contribution is -0.129. The van der Waals surface area contributed by atoms with Crippen LogP contribution < -0.4 is 10.9 Å². The fourth-order valence-electron chi connectivity index (χ4n) is 1.32. The van der Waals surface area contributed by atoms with E-state index in [-0.39, 0.29) is 11.7 Å². The SMILES string of the molecule is CC(=O)/C=C(/NNC(=O)C(C)(C)C)c1ccccc1. The van der Waals surface area contributed by atoms with Gasteiger partial charge in [-0.15, -0.1) is 0 Å². The Labute approximate surface area is 113 Å². The molecule has 0 saturated heterocycles. The number of hydrazine groups is 1. The van der Waals surface area contributed by atoms with Crippen LogP contribution in [0.25, 0.3) is 5.70 Å². The van der Waals surface area contributed by atoms with Crippen molar-refractivity contribution in [1.29, 1.82) is 0 Å². The molecule has 1 aromatic carbocycles. The van der Waals surface area contributed by atoms with Gasteiger partial charge in [0, 0.05) is 11.5 Å². The molecule has 0 saturated carbocycles. The summed E-state index contributed by atoms with van der Waals surface area (Å²) >= 11 is 0. The van der Waals surface area contributed by atoms with E-state index in [1.54, 1.807) is 0 Å². The van der Waals surface area contributed by atoms with E-state index in [1.807, 2.05) is 51.1 Å². The quantitative estimate of drug-likeness (QED) is 0.645. The van der Waals surface area contributed by atoms with Gasteiger partial charge in [0.1, 0.15) is 0 Å². The zero-order valence-corrected chi connectivity index (χ0v) is 11.8. The maximum atomic E-state index is 11.8. The van der Waals surface area contributed by atoms with Crippen LogP contribution in [-0.2, 0) is 9.59 Å². The molecular formula is C15H20N2O2. The second kappa shape index (κ2) is 6.18. The third-order valence-electron chi connectivity index (χ3n) is 2.42. The highest BCUT2D eigenvalue weighted by Gasteiger charge is 2.21. The summed E-state index contributed by atoms with van der Waals surface area (Å²) in [6.45, 7) is 6.93. The number of carbonyl (C=O) groups is 2. The predicted octanol–water partition coefficient (Wildman–Crippen LogP) is 2.28. The highest BCUT2D eigenvalue weighted by molar-refractivity contribution is 5.95. The Morgan fingerprint density at radius 1 is 1.05 bits per heavy atom. The van der Waals surface area contributed by atoms with Crippen molar-refractivity contribution in [3.05, 3.63) is 42.0 Å². The summed E-state index contributed by atoms with van der Waals surface area (Å²) in [5.41, 5.74) is 6.35. The molecule has 0 aliphatic carbocycles. The Balaban J connectivity index is 2.85. The Kier molecular flexibility index (Phi) is 4.87. The maximum absolute atomic E-state index is 11.8. The van der Waals surface area contributed by atoms with Crippen molar-refractivity contribution < 1.29 is 9.59 Å². The van der Waals surface area contributed by atoms with Gasteiger partial charge in [-0.2, -0.15) is 0 Å². The molecule has 0 aromatic heterocycles. The van der Waals surface area contributed by atoms with Gasteiger partial charge in [-0.1, -0.05) is 51.1 Å². The van der Waals surface area contributed by atoms with Crippen LogP contribution in [0.3, 0.4) is 0 Å². The molecule has 0 atom stereocenters. The zero-order chi connectivity index (χ0) is 14.5. The number of rotatable bonds is 4. The van der Waals surface area contributed by atoms with Crippen molar-refractivity contribution in [2.45, 2.75) is 27.7 Å². The van der Waals surface area contributed by atoms with Gasteiger partial charge in [-0.05, 0) is 12.5 Å². The van der Waals surface area contributed by atoms with Crippen LogP contribution in [0.4, 0.5) is 0 Å². The van der Waals surface area contributed by atoms with Gasteiger partial charge < -0.3 is 0 Å². The normalized spacial score (nSPS) is 11.9. The van der Waals surface area contributed by atoms with Gasteiger partial charge in [0.05, 0.1) is 5.70 Å². The average molecular weight is 260 g/mol. The molecule has 0 aliphatic heterocycles. The van der Waals surface area contributed by atoms with E-state index in [1.165, 1.54) is 13.0 Å². The molecule has 0 fully saturated rings. The molecule has 1 amide bonds. The number of nitrogens with one attached hydrogen (secondary N) is 2. The summed E-state index contributed by atoms with van der Waals surface area (Å²) in [6, 6.07) is 9.37. The van der Waals surface area contributed by atoms with E-state index in [9.17, 15) is 9.59 Å². The highest BCUT2D eigenvalue weighted by Crippen LogP contribution is 2.13. The highest BCUT2D eigenvalue weighted by atomic mass is 16.2. The van der Waals surface area contributed by atoms with Crippen LogP contribution in [0.5, 0.6) is 0 Å². The van der Waals surface area contributed by atoms with E-state index in [4.69, 9.17) is 0 Å². The monoisotopic (exact) mass is 260 g/mol. The number of allylic oxidation sites excluding steroid dienone is 1. The third kappa shape index (κ3) is 4.95. The third-order valence-corrected chi connectivity index (χ3v) is 2.42. The van der Waals surface area contributed by atoms with Crippen molar-refractivity contribution >= 4 is 17.4 Å². The fraction of sp³-hybridized carbons (Fsp3) is 0.333. The number of hydrogen-bond acceptors (Lipinski definition) is 3. The lowest BCUT2D eigenvalue weighted by Gasteiger charge is -2.20. The summed E-state index contributed by atoms with van der Waals surface area (Å²) in [4.78, 5) is 23.0. The van der Waals surface area contributed by atoms with E-state index in [0.717, 1.165) is 5.56 Å². The van der Waals surface area contributed by atoms with Gasteiger partial charge >= 0.3 is 0 Å². The molecule has 1 aromatic rings. The molecule has 4 heteroatoms. The van der Waals surface area contributed by atoms with Crippen LogP contribution in [0.1, 0.15) is 33.3 Å². The first-order valence-electron chi connectivity index (χ1n) is 6.15. The van der Waals surface area contributed by atoms with Crippen molar-refractivity contribution in [2.24, 2.45) is 5.41 Å². The Morgan fingerprint density at radius 2 is 1.63 bits per heavy atom. The van der Waals surface area contributed by atoms with Gasteiger partial charge in [0.15, 0.2) is 5.78 Å². The van der Waals surface area contributed by atoms with Gasteiger partial charge in [0.2, 0.25) is 5.91 Å². The van der Waals surface area contributed by atoms with Crippen molar-refractivity contribution in [2.75, 3.05) is 0 Å². The Morgan fingerprint density at radius 3 is 2.11 bits per heavy atom. The average Bonchev–Trinajstić information content (AvgIpc) is 2.33. The molecule has 102 valence electrons. The summed E-state index contributed by atoms with van der Waals surface area (Å²) in [6.07, 6.45) is 1.46. The first-order valence-corrected chi connectivity index (χ1v) is 6.15. The molecule has 0 heterocycles. The molecule has 1 rings (SSSR count). The maximum Gasteiger partial charge on any atom is 0.243 e. The van der Waals surface area contributed by atoms with Gasteiger partial charge in [-0.3, -0.25) is 20.4 Å². The van der Waals surface area contributed by atoms with Gasteiger partial charge in [0.25, 0.3) is 0 Å². The lowest BCUT2D eigenvalue weighted by Crippen LogP contribution is -2.43. The number of benzene rings is 1. The van der Waals surface area contributed by atoms with Crippen LogP contribution in [-0.4, -0.2) is 11.7 Å². The first-order chi connectivity index (χ1) is 8.80. The molecule has 0 aliphatic rings. The number of carbonyl (C=O) groups excluding carboxylic acids is 2. The minimum atomic E-state index is -0.495. The second-order valence-electron chi connectivity index (χ2n) is 5.36. The summed E-state index contributed by atoms with van der Waals surface area (Å²) in [5.74, 6) is -0.228. The number of ketones is 1. The molecule has 4 nitrogen and oxygen atoms in total.